The van der Waals surface area contributed by atoms with Gasteiger partial charge in [-0.1, -0.05) is 41.0 Å². The molecule has 0 saturated heterocycles. The fourth-order valence-corrected chi connectivity index (χ4v) is 1.34. The van der Waals surface area contributed by atoms with Gasteiger partial charge in [-0.25, -0.2) is 9.59 Å². The normalized spacial score (nSPS) is 9.62. The van der Waals surface area contributed by atoms with Crippen LogP contribution in [0.4, 0.5) is 0 Å². The number of hydrogen-bond acceptors (Lipinski definition) is 4. The highest BCUT2D eigenvalue weighted by Gasteiger charge is 2.15. The number of hydrogen-bond donors (Lipinski definition) is 0. The van der Waals surface area contributed by atoms with E-state index < -0.39 is 0 Å². The molecule has 0 heterocycles. The lowest BCUT2D eigenvalue weighted by Gasteiger charge is -2.24. The van der Waals surface area contributed by atoms with Crippen LogP contribution in [0, 0.1) is 11.3 Å². The van der Waals surface area contributed by atoms with Crippen molar-refractivity contribution in [2.24, 2.45) is 21.3 Å². The van der Waals surface area contributed by atoms with E-state index in [0.29, 0.717) is 5.41 Å². The van der Waals surface area contributed by atoms with Crippen molar-refractivity contribution in [2.75, 3.05) is 6.67 Å². The molecule has 0 aromatic heterocycles. The van der Waals surface area contributed by atoms with Crippen molar-refractivity contribution in [1.82, 2.24) is 0 Å². The molecule has 92 valence electrons. The number of aliphatic imine (C=N–C) groups is 2. The Hall–Kier alpha value is -1.24. The molecule has 16 heavy (non-hydrogen) atoms. The first-order valence-electron chi connectivity index (χ1n) is 5.47. The highest BCUT2D eigenvalue weighted by Crippen LogP contribution is 2.28. The first-order valence-corrected chi connectivity index (χ1v) is 5.47. The van der Waals surface area contributed by atoms with E-state index in [1.807, 2.05) is 0 Å². The maximum Gasteiger partial charge on any atom is 0.236 e. The molecule has 0 aliphatic rings. The second-order valence-electron chi connectivity index (χ2n) is 4.76. The molecule has 4 nitrogen and oxygen atoms in total. The third kappa shape index (κ3) is 15.2. The van der Waals surface area contributed by atoms with Crippen LogP contribution in [0.25, 0.3) is 0 Å². The van der Waals surface area contributed by atoms with Crippen molar-refractivity contribution in [3.63, 3.8) is 0 Å². The van der Waals surface area contributed by atoms with Crippen LogP contribution in [0.3, 0.4) is 0 Å². The summed E-state index contributed by atoms with van der Waals surface area (Å²) in [4.78, 5) is 24.2. The first-order chi connectivity index (χ1) is 7.39. The van der Waals surface area contributed by atoms with E-state index in [4.69, 9.17) is 0 Å². The van der Waals surface area contributed by atoms with Crippen LogP contribution in [-0.4, -0.2) is 18.8 Å². The molecule has 0 N–H and O–H groups in total. The molecule has 0 amide bonds. The summed E-state index contributed by atoms with van der Waals surface area (Å²) in [6.07, 6.45) is 5.06. The summed E-state index contributed by atoms with van der Waals surface area (Å²) >= 11 is 0. The SMILES string of the molecule is CCC(C)(C)CC(C)C.O=C=NCN=C=O. The molecule has 0 atom stereocenters. The topological polar surface area (TPSA) is 58.9 Å². The van der Waals surface area contributed by atoms with E-state index >= 15 is 0 Å². The van der Waals surface area contributed by atoms with Crippen LogP contribution in [0.5, 0.6) is 0 Å². The summed E-state index contributed by atoms with van der Waals surface area (Å²) in [5.74, 6) is 0.847. The van der Waals surface area contributed by atoms with E-state index in [2.05, 4.69) is 44.6 Å². The van der Waals surface area contributed by atoms with Gasteiger partial charge in [0.1, 0.15) is 0 Å². The van der Waals surface area contributed by atoms with Gasteiger partial charge in [-0.3, -0.25) is 0 Å². The van der Waals surface area contributed by atoms with Crippen LogP contribution < -0.4 is 0 Å². The van der Waals surface area contributed by atoms with Gasteiger partial charge in [0, 0.05) is 0 Å². The molecule has 0 aliphatic heterocycles. The van der Waals surface area contributed by atoms with E-state index in [0.717, 1.165) is 5.92 Å². The standard InChI is InChI=1S/C9H20.C3H2N2O2/c1-6-9(4,5)7-8(2)3;6-2-4-1-5-3-7/h8H,6-7H2,1-5H3;1H2. The lowest BCUT2D eigenvalue weighted by molar-refractivity contribution is 0.277. The zero-order valence-electron chi connectivity index (χ0n) is 10.9. The number of rotatable bonds is 5. The van der Waals surface area contributed by atoms with Gasteiger partial charge >= 0.3 is 0 Å². The lowest BCUT2D eigenvalue weighted by atomic mass is 9.82. The lowest BCUT2D eigenvalue weighted by Crippen LogP contribution is -2.12. The minimum absolute atomic E-state index is 0.160. The predicted molar refractivity (Wildman–Crippen MR) is 64.6 cm³/mol. The second kappa shape index (κ2) is 10.3. The highest BCUT2D eigenvalue weighted by atomic mass is 16.1. The van der Waals surface area contributed by atoms with Crippen LogP contribution >= 0.6 is 0 Å². The maximum atomic E-state index is 9.20. The van der Waals surface area contributed by atoms with Gasteiger partial charge in [-0.15, -0.1) is 0 Å². The summed E-state index contributed by atoms with van der Waals surface area (Å²) in [7, 11) is 0. The number of isocyanates is 2. The zero-order valence-corrected chi connectivity index (χ0v) is 10.9. The fourth-order valence-electron chi connectivity index (χ4n) is 1.34. The second-order valence-corrected chi connectivity index (χ2v) is 4.76. The summed E-state index contributed by atoms with van der Waals surface area (Å²) < 4.78 is 0. The van der Waals surface area contributed by atoms with Gasteiger partial charge in [0.2, 0.25) is 12.2 Å². The molecule has 0 aromatic carbocycles. The quantitative estimate of drug-likeness (QED) is 0.534. The molecule has 0 bridgehead atoms. The number of carbonyl (C=O) groups excluding carboxylic acids is 2. The van der Waals surface area contributed by atoms with Crippen molar-refractivity contribution < 1.29 is 9.59 Å². The molecule has 4 heteroatoms. The molecule has 0 unspecified atom stereocenters. The Balaban J connectivity index is 0. The molecule has 0 spiro atoms. The van der Waals surface area contributed by atoms with Crippen molar-refractivity contribution in [1.29, 1.82) is 0 Å². The minimum Gasteiger partial charge on any atom is -0.211 e. The van der Waals surface area contributed by atoms with Crippen LogP contribution in [0.2, 0.25) is 0 Å². The molecular weight excluding hydrogens is 204 g/mol. The molecule has 0 rings (SSSR count). The fraction of sp³-hybridized carbons (Fsp3) is 0.833. The van der Waals surface area contributed by atoms with E-state index in [1.54, 1.807) is 0 Å². The third-order valence-corrected chi connectivity index (χ3v) is 2.19. The Bertz CT molecular complexity index is 244. The Kier molecular flexibility index (Phi) is 11.0. The van der Waals surface area contributed by atoms with Gasteiger partial charge in [0.15, 0.2) is 6.67 Å². The maximum absolute atomic E-state index is 9.20. The minimum atomic E-state index is -0.160. The smallest absolute Gasteiger partial charge is 0.211 e. The molecule has 0 radical (unpaired) electrons. The Morgan fingerprint density at radius 3 is 1.75 bits per heavy atom. The van der Waals surface area contributed by atoms with Crippen LogP contribution in [-0.2, 0) is 9.59 Å². The third-order valence-electron chi connectivity index (χ3n) is 2.19. The molecule has 0 saturated carbocycles. The largest absolute Gasteiger partial charge is 0.236 e. The molecule has 0 aromatic rings. The van der Waals surface area contributed by atoms with Crippen molar-refractivity contribution in [3.05, 3.63) is 0 Å². The van der Waals surface area contributed by atoms with Crippen LogP contribution in [0.15, 0.2) is 9.98 Å². The van der Waals surface area contributed by atoms with E-state index in [1.165, 1.54) is 25.0 Å². The van der Waals surface area contributed by atoms with Gasteiger partial charge in [0.05, 0.1) is 0 Å². The Morgan fingerprint density at radius 2 is 1.56 bits per heavy atom. The van der Waals surface area contributed by atoms with E-state index in [9.17, 15) is 9.59 Å². The van der Waals surface area contributed by atoms with Gasteiger partial charge in [-0.05, 0) is 17.8 Å². The zero-order chi connectivity index (χ0) is 13.0. The van der Waals surface area contributed by atoms with E-state index in [-0.39, 0.29) is 6.67 Å². The summed E-state index contributed by atoms with van der Waals surface area (Å²) in [5.41, 5.74) is 0.564. The van der Waals surface area contributed by atoms with Gasteiger partial charge < -0.3 is 0 Å². The summed E-state index contributed by atoms with van der Waals surface area (Å²) in [5, 5.41) is 0. The molecule has 0 aliphatic carbocycles. The van der Waals surface area contributed by atoms with Crippen molar-refractivity contribution >= 4 is 12.2 Å². The Morgan fingerprint density at radius 1 is 1.12 bits per heavy atom. The van der Waals surface area contributed by atoms with Crippen molar-refractivity contribution in [2.45, 2.75) is 47.5 Å². The Labute approximate surface area is 97.9 Å². The van der Waals surface area contributed by atoms with Crippen molar-refractivity contribution in [3.8, 4) is 0 Å². The molecule has 0 fully saturated rings. The number of nitrogens with zero attached hydrogens (tertiary/aromatic N) is 2. The first kappa shape index (κ1) is 17.2. The average Bonchev–Trinajstić information content (AvgIpc) is 2.18. The van der Waals surface area contributed by atoms with Gasteiger partial charge in [0.25, 0.3) is 0 Å². The van der Waals surface area contributed by atoms with Gasteiger partial charge in [-0.2, -0.15) is 9.98 Å². The highest BCUT2D eigenvalue weighted by molar-refractivity contribution is 5.35. The average molecular weight is 226 g/mol. The molecular formula is C12H22N2O2. The summed E-state index contributed by atoms with van der Waals surface area (Å²) in [6.45, 7) is 11.4. The van der Waals surface area contributed by atoms with Crippen LogP contribution in [0.1, 0.15) is 47.5 Å². The summed E-state index contributed by atoms with van der Waals surface area (Å²) in [6, 6.07) is 0. The predicted octanol–water partition coefficient (Wildman–Crippen LogP) is 3.08. The monoisotopic (exact) mass is 226 g/mol.